The summed E-state index contributed by atoms with van der Waals surface area (Å²) >= 11 is 0. The number of hydrogen-bond donors (Lipinski definition) is 0. The van der Waals surface area contributed by atoms with Crippen molar-refractivity contribution < 1.29 is 9.16 Å². The lowest BCUT2D eigenvalue weighted by atomic mass is 9.84. The molecule has 0 amide bonds. The molecule has 162 valence electrons. The molecule has 0 aliphatic carbocycles. The number of benzene rings is 3. The zero-order valence-electron chi connectivity index (χ0n) is 19.8. The Morgan fingerprint density at radius 2 is 1.42 bits per heavy atom. The number of methoxy groups -OCH3 is 1. The third kappa shape index (κ3) is 5.89. The molecular weight excluding hydrogens is 396 g/mol. The van der Waals surface area contributed by atoms with Crippen LogP contribution in [0.2, 0.25) is 19.6 Å². The summed E-state index contributed by atoms with van der Waals surface area (Å²) in [6.45, 7) is 13.3. The second-order valence-corrected chi connectivity index (χ2v) is 13.6. The Kier molecular flexibility index (Phi) is 7.07. The van der Waals surface area contributed by atoms with Gasteiger partial charge in [-0.3, -0.25) is 0 Å². The lowest BCUT2D eigenvalue weighted by Gasteiger charge is -2.26. The monoisotopic (exact) mass is 430 g/mol. The Morgan fingerprint density at radius 3 is 1.94 bits per heavy atom. The molecule has 3 aromatic carbocycles. The van der Waals surface area contributed by atoms with Gasteiger partial charge in [0.15, 0.2) is 0 Å². The van der Waals surface area contributed by atoms with Crippen molar-refractivity contribution in [3.63, 3.8) is 0 Å². The van der Waals surface area contributed by atoms with Gasteiger partial charge in [0, 0.05) is 11.5 Å². The van der Waals surface area contributed by atoms with Crippen LogP contribution in [0.1, 0.15) is 39.3 Å². The lowest BCUT2D eigenvalue weighted by molar-refractivity contribution is 0.414. The van der Waals surface area contributed by atoms with E-state index in [1.807, 2.05) is 18.2 Å². The zero-order chi connectivity index (χ0) is 22.6. The van der Waals surface area contributed by atoms with Crippen LogP contribution in [0.5, 0.6) is 5.75 Å². The smallest absolute Gasteiger partial charge is 0.242 e. The van der Waals surface area contributed by atoms with Crippen LogP contribution in [-0.2, 0) is 4.43 Å². The molecule has 0 heterocycles. The minimum Gasteiger partial charge on any atom is -0.544 e. The largest absolute Gasteiger partial charge is 0.544 e. The van der Waals surface area contributed by atoms with Gasteiger partial charge in [-0.25, -0.2) is 0 Å². The number of allylic oxidation sites excluding steroid dienone is 1. The van der Waals surface area contributed by atoms with E-state index in [0.29, 0.717) is 0 Å². The third-order valence-electron chi connectivity index (χ3n) is 5.32. The third-order valence-corrected chi connectivity index (χ3v) is 6.15. The Labute approximate surface area is 188 Å². The van der Waals surface area contributed by atoms with Crippen molar-refractivity contribution in [3.8, 4) is 5.75 Å². The van der Waals surface area contributed by atoms with Gasteiger partial charge in [-0.2, -0.15) is 0 Å². The average Bonchev–Trinajstić information content (AvgIpc) is 2.71. The van der Waals surface area contributed by atoms with Crippen LogP contribution < -0.4 is 4.74 Å². The summed E-state index contributed by atoms with van der Waals surface area (Å²) < 4.78 is 12.0. The van der Waals surface area contributed by atoms with E-state index in [-0.39, 0.29) is 5.92 Å². The van der Waals surface area contributed by atoms with Gasteiger partial charge < -0.3 is 9.16 Å². The standard InChI is InChI=1S/C28H34O2Si/c1-20-17-21(2)28(22(3)18-20)26(23-13-15-25(29-4)16-14-23)19-27(30-31(5,6)7)24-11-9-8-10-12-24/h8-19,26H,1-7H3/b27-19-. The van der Waals surface area contributed by atoms with E-state index in [4.69, 9.17) is 9.16 Å². The van der Waals surface area contributed by atoms with Crippen molar-refractivity contribution in [1.29, 1.82) is 0 Å². The van der Waals surface area contributed by atoms with Crippen molar-refractivity contribution in [2.45, 2.75) is 46.3 Å². The van der Waals surface area contributed by atoms with Gasteiger partial charge in [0.2, 0.25) is 8.32 Å². The first kappa shape index (κ1) is 22.9. The highest BCUT2D eigenvalue weighted by Gasteiger charge is 2.23. The first-order valence-corrected chi connectivity index (χ1v) is 14.3. The van der Waals surface area contributed by atoms with Crippen LogP contribution in [0.15, 0.2) is 72.8 Å². The van der Waals surface area contributed by atoms with Crippen LogP contribution in [-0.4, -0.2) is 15.4 Å². The Bertz CT molecular complexity index is 1020. The fourth-order valence-corrected chi connectivity index (χ4v) is 4.96. The summed E-state index contributed by atoms with van der Waals surface area (Å²) in [6, 6.07) is 23.4. The van der Waals surface area contributed by atoms with E-state index in [1.54, 1.807) is 7.11 Å². The van der Waals surface area contributed by atoms with Crippen molar-refractivity contribution >= 4 is 14.1 Å². The summed E-state index contributed by atoms with van der Waals surface area (Å²) in [6.07, 6.45) is 2.31. The van der Waals surface area contributed by atoms with Gasteiger partial charge >= 0.3 is 0 Å². The highest BCUT2D eigenvalue weighted by atomic mass is 28.4. The second kappa shape index (κ2) is 9.57. The first-order chi connectivity index (χ1) is 14.7. The molecule has 3 heteroatoms. The maximum absolute atomic E-state index is 6.62. The quantitative estimate of drug-likeness (QED) is 0.283. The van der Waals surface area contributed by atoms with Crippen molar-refractivity contribution in [3.05, 3.63) is 106 Å². The van der Waals surface area contributed by atoms with Gasteiger partial charge in [0.05, 0.1) is 7.11 Å². The number of aryl methyl sites for hydroxylation is 3. The number of hydrogen-bond acceptors (Lipinski definition) is 2. The maximum Gasteiger partial charge on any atom is 0.242 e. The highest BCUT2D eigenvalue weighted by Crippen LogP contribution is 2.36. The van der Waals surface area contributed by atoms with E-state index < -0.39 is 8.32 Å². The normalized spacial score (nSPS) is 13.1. The predicted molar refractivity (Wildman–Crippen MR) is 134 cm³/mol. The Balaban J connectivity index is 2.23. The summed E-state index contributed by atoms with van der Waals surface area (Å²) in [5, 5.41) is 0. The molecule has 1 atom stereocenters. The molecule has 0 radical (unpaired) electrons. The summed E-state index contributed by atoms with van der Waals surface area (Å²) in [5.74, 6) is 1.91. The van der Waals surface area contributed by atoms with Crippen LogP contribution >= 0.6 is 0 Å². The van der Waals surface area contributed by atoms with Crippen LogP contribution in [0.25, 0.3) is 5.76 Å². The fraction of sp³-hybridized carbons (Fsp3) is 0.286. The van der Waals surface area contributed by atoms with E-state index in [2.05, 4.69) is 95.0 Å². The molecule has 0 aromatic heterocycles. The number of ether oxygens (including phenoxy) is 1. The molecule has 0 saturated heterocycles. The molecule has 0 spiro atoms. The molecular formula is C28H34O2Si. The lowest BCUT2D eigenvalue weighted by Crippen LogP contribution is -2.24. The SMILES string of the molecule is COc1ccc(C(/C=C(\O[Si](C)(C)C)c2ccccc2)c2c(C)cc(C)cc2C)cc1. The fourth-order valence-electron chi connectivity index (χ4n) is 4.11. The van der Waals surface area contributed by atoms with Crippen LogP contribution in [0, 0.1) is 20.8 Å². The first-order valence-electron chi connectivity index (χ1n) is 10.9. The summed E-state index contributed by atoms with van der Waals surface area (Å²) in [4.78, 5) is 0. The van der Waals surface area contributed by atoms with Gasteiger partial charge in [-0.15, -0.1) is 0 Å². The number of rotatable bonds is 7. The van der Waals surface area contributed by atoms with E-state index >= 15 is 0 Å². The van der Waals surface area contributed by atoms with Crippen molar-refractivity contribution in [2.75, 3.05) is 7.11 Å². The van der Waals surface area contributed by atoms with Crippen molar-refractivity contribution in [1.82, 2.24) is 0 Å². The average molecular weight is 431 g/mol. The minimum atomic E-state index is -1.81. The molecule has 31 heavy (non-hydrogen) atoms. The molecule has 2 nitrogen and oxygen atoms in total. The minimum absolute atomic E-state index is 0.0815. The van der Waals surface area contributed by atoms with Gasteiger partial charge in [0.25, 0.3) is 0 Å². The molecule has 3 rings (SSSR count). The zero-order valence-corrected chi connectivity index (χ0v) is 20.8. The highest BCUT2D eigenvalue weighted by molar-refractivity contribution is 6.70. The predicted octanol–water partition coefficient (Wildman–Crippen LogP) is 7.64. The topological polar surface area (TPSA) is 18.5 Å². The van der Waals surface area contributed by atoms with E-state index in [0.717, 1.165) is 17.1 Å². The molecule has 1 unspecified atom stereocenters. The molecule has 0 fully saturated rings. The summed E-state index contributed by atoms with van der Waals surface area (Å²) in [5.41, 5.74) is 7.57. The molecule has 0 bridgehead atoms. The van der Waals surface area contributed by atoms with Gasteiger partial charge in [0.1, 0.15) is 11.5 Å². The molecule has 0 saturated carbocycles. The van der Waals surface area contributed by atoms with Crippen LogP contribution in [0.4, 0.5) is 0 Å². The molecule has 3 aromatic rings. The molecule has 0 aliphatic heterocycles. The Morgan fingerprint density at radius 1 is 0.839 bits per heavy atom. The molecule has 0 N–H and O–H groups in total. The van der Waals surface area contributed by atoms with E-state index in [9.17, 15) is 0 Å². The molecule has 0 aliphatic rings. The van der Waals surface area contributed by atoms with Crippen LogP contribution in [0.3, 0.4) is 0 Å². The van der Waals surface area contributed by atoms with Gasteiger partial charge in [-0.1, -0.05) is 60.2 Å². The van der Waals surface area contributed by atoms with Gasteiger partial charge in [-0.05, 0) is 80.9 Å². The Hall–Kier alpha value is -2.78. The van der Waals surface area contributed by atoms with E-state index in [1.165, 1.54) is 27.8 Å². The van der Waals surface area contributed by atoms with Crippen molar-refractivity contribution in [2.24, 2.45) is 0 Å². The maximum atomic E-state index is 6.62. The summed E-state index contributed by atoms with van der Waals surface area (Å²) in [7, 11) is -0.107. The second-order valence-electron chi connectivity index (χ2n) is 9.17.